The highest BCUT2D eigenvalue weighted by Gasteiger charge is 2.21. The smallest absolute Gasteiger partial charge is 0.180 e. The fraction of sp³-hybridized carbons (Fsp3) is 0.0714. The van der Waals surface area contributed by atoms with Crippen molar-refractivity contribution in [3.63, 3.8) is 0 Å². The molecule has 2 aromatic heterocycles. The van der Waals surface area contributed by atoms with Gasteiger partial charge in [0.2, 0.25) is 0 Å². The highest BCUT2D eigenvalue weighted by Crippen LogP contribution is 2.35. The first-order valence-electron chi connectivity index (χ1n) is 6.03. The van der Waals surface area contributed by atoms with Crippen LogP contribution < -0.4 is 5.73 Å². The molecule has 0 aliphatic rings. The molecule has 0 saturated carbocycles. The third-order valence-electron chi connectivity index (χ3n) is 3.01. The van der Waals surface area contributed by atoms with E-state index < -0.39 is 0 Å². The van der Waals surface area contributed by atoms with Crippen molar-refractivity contribution < 1.29 is 4.39 Å². The molecule has 0 unspecified atom stereocenters. The minimum absolute atomic E-state index is 0.357. The van der Waals surface area contributed by atoms with Crippen molar-refractivity contribution in [2.75, 3.05) is 5.73 Å². The molecule has 3 aromatic rings. The van der Waals surface area contributed by atoms with Crippen molar-refractivity contribution in [2.45, 2.75) is 0 Å². The third-order valence-corrected chi connectivity index (χ3v) is 3.01. The maximum atomic E-state index is 14.0. The Bertz CT molecular complexity index is 752. The summed E-state index contributed by atoms with van der Waals surface area (Å²) in [6, 6.07) is 8.13. The monoisotopic (exact) mass is 269 g/mol. The summed E-state index contributed by atoms with van der Waals surface area (Å²) >= 11 is 0. The lowest BCUT2D eigenvalue weighted by molar-refractivity contribution is 0.631. The standard InChI is InChI=1S/C14H12FN5/c1-20-13(16)11(9-5-2-3-6-10(9)15)12(19-20)14-17-7-4-8-18-14/h2-8H,16H2,1H3. The van der Waals surface area contributed by atoms with Crippen molar-refractivity contribution in [3.8, 4) is 22.6 Å². The average Bonchev–Trinajstić information content (AvgIpc) is 2.77. The van der Waals surface area contributed by atoms with Crippen LogP contribution in [0.15, 0.2) is 42.7 Å². The van der Waals surface area contributed by atoms with E-state index >= 15 is 0 Å². The molecule has 0 spiro atoms. The third kappa shape index (κ3) is 1.91. The quantitative estimate of drug-likeness (QED) is 0.774. The van der Waals surface area contributed by atoms with Crippen molar-refractivity contribution in [1.29, 1.82) is 0 Å². The lowest BCUT2D eigenvalue weighted by Gasteiger charge is -2.04. The first-order chi connectivity index (χ1) is 9.68. The molecule has 3 rings (SSSR count). The Hall–Kier alpha value is -2.76. The molecule has 5 nitrogen and oxygen atoms in total. The molecule has 2 N–H and O–H groups in total. The van der Waals surface area contributed by atoms with Gasteiger partial charge in [0.15, 0.2) is 5.82 Å². The normalized spacial score (nSPS) is 10.7. The molecule has 2 heterocycles. The van der Waals surface area contributed by atoms with E-state index in [1.54, 1.807) is 43.7 Å². The summed E-state index contributed by atoms with van der Waals surface area (Å²) < 4.78 is 15.5. The van der Waals surface area contributed by atoms with Crippen LogP contribution in [0.3, 0.4) is 0 Å². The Morgan fingerprint density at radius 3 is 2.50 bits per heavy atom. The van der Waals surface area contributed by atoms with Gasteiger partial charge in [-0.05, 0) is 12.1 Å². The molecule has 0 radical (unpaired) electrons. The van der Waals surface area contributed by atoms with Gasteiger partial charge in [0, 0.05) is 25.0 Å². The summed E-state index contributed by atoms with van der Waals surface area (Å²) in [5.41, 5.74) is 7.39. The summed E-state index contributed by atoms with van der Waals surface area (Å²) in [5, 5.41) is 4.30. The topological polar surface area (TPSA) is 69.6 Å². The first-order valence-corrected chi connectivity index (χ1v) is 6.03. The second-order valence-corrected chi connectivity index (χ2v) is 4.28. The Balaban J connectivity index is 2.29. The summed E-state index contributed by atoms with van der Waals surface area (Å²) in [5.74, 6) is 0.431. The van der Waals surface area contributed by atoms with Gasteiger partial charge < -0.3 is 5.73 Å². The Morgan fingerprint density at radius 2 is 1.80 bits per heavy atom. The number of nitrogens with two attached hydrogens (primary N) is 1. The highest BCUT2D eigenvalue weighted by molar-refractivity contribution is 5.86. The van der Waals surface area contributed by atoms with Gasteiger partial charge in [0.05, 0.1) is 5.56 Å². The molecule has 6 heteroatoms. The fourth-order valence-corrected chi connectivity index (χ4v) is 2.04. The van der Waals surface area contributed by atoms with Gasteiger partial charge >= 0.3 is 0 Å². The molecule has 100 valence electrons. The highest BCUT2D eigenvalue weighted by atomic mass is 19.1. The van der Waals surface area contributed by atoms with Crippen LogP contribution in [0.2, 0.25) is 0 Å². The van der Waals surface area contributed by atoms with Crippen molar-refractivity contribution in [2.24, 2.45) is 7.05 Å². The van der Waals surface area contributed by atoms with Crippen LogP contribution in [0.5, 0.6) is 0 Å². The van der Waals surface area contributed by atoms with E-state index in [9.17, 15) is 4.39 Å². The van der Waals surface area contributed by atoms with Crippen LogP contribution in [-0.2, 0) is 7.05 Å². The lowest BCUT2D eigenvalue weighted by atomic mass is 10.0. The van der Waals surface area contributed by atoms with Gasteiger partial charge in [0.1, 0.15) is 17.3 Å². The number of aryl methyl sites for hydroxylation is 1. The van der Waals surface area contributed by atoms with E-state index in [2.05, 4.69) is 15.1 Å². The Kier molecular flexibility index (Phi) is 2.90. The van der Waals surface area contributed by atoms with E-state index in [1.807, 2.05) is 0 Å². The van der Waals surface area contributed by atoms with E-state index in [4.69, 9.17) is 5.73 Å². The van der Waals surface area contributed by atoms with Gasteiger partial charge in [-0.2, -0.15) is 5.10 Å². The van der Waals surface area contributed by atoms with Crippen LogP contribution >= 0.6 is 0 Å². The molecule has 0 bridgehead atoms. The first kappa shape index (κ1) is 12.3. The number of benzene rings is 1. The predicted molar refractivity (Wildman–Crippen MR) is 74.0 cm³/mol. The number of anilines is 1. The number of rotatable bonds is 2. The zero-order chi connectivity index (χ0) is 14.1. The zero-order valence-corrected chi connectivity index (χ0v) is 10.8. The number of hydrogen-bond donors (Lipinski definition) is 1. The molecule has 0 aliphatic carbocycles. The van der Waals surface area contributed by atoms with Crippen molar-refractivity contribution >= 4 is 5.82 Å². The van der Waals surface area contributed by atoms with Crippen molar-refractivity contribution in [3.05, 3.63) is 48.5 Å². The molecule has 0 saturated heterocycles. The number of hydrogen-bond acceptors (Lipinski definition) is 4. The number of nitrogens with zero attached hydrogens (tertiary/aromatic N) is 4. The second-order valence-electron chi connectivity index (χ2n) is 4.28. The molecule has 0 fully saturated rings. The molecule has 20 heavy (non-hydrogen) atoms. The van der Waals surface area contributed by atoms with Crippen LogP contribution in [-0.4, -0.2) is 19.7 Å². The van der Waals surface area contributed by atoms with Gasteiger partial charge in [-0.1, -0.05) is 18.2 Å². The minimum atomic E-state index is -0.357. The lowest BCUT2D eigenvalue weighted by Crippen LogP contribution is -1.98. The van der Waals surface area contributed by atoms with Crippen LogP contribution in [0.1, 0.15) is 0 Å². The van der Waals surface area contributed by atoms with Gasteiger partial charge in [-0.3, -0.25) is 4.68 Å². The van der Waals surface area contributed by atoms with Gasteiger partial charge in [-0.15, -0.1) is 0 Å². The Morgan fingerprint density at radius 1 is 1.10 bits per heavy atom. The maximum Gasteiger partial charge on any atom is 0.180 e. The van der Waals surface area contributed by atoms with E-state index in [0.29, 0.717) is 28.5 Å². The molecule has 0 aliphatic heterocycles. The molecular formula is C14H12FN5. The van der Waals surface area contributed by atoms with Gasteiger partial charge in [-0.25, -0.2) is 14.4 Å². The van der Waals surface area contributed by atoms with E-state index in [0.717, 1.165) is 0 Å². The van der Waals surface area contributed by atoms with Crippen LogP contribution in [0.25, 0.3) is 22.6 Å². The predicted octanol–water partition coefficient (Wildman–Crippen LogP) is 2.27. The fourth-order valence-electron chi connectivity index (χ4n) is 2.04. The molecular weight excluding hydrogens is 257 g/mol. The van der Waals surface area contributed by atoms with E-state index in [-0.39, 0.29) is 5.82 Å². The number of nitrogen functional groups attached to an aromatic ring is 1. The summed E-state index contributed by atoms with van der Waals surface area (Å²) in [6.07, 6.45) is 3.22. The zero-order valence-electron chi connectivity index (χ0n) is 10.8. The molecule has 1 aromatic carbocycles. The van der Waals surface area contributed by atoms with Crippen LogP contribution in [0, 0.1) is 5.82 Å². The van der Waals surface area contributed by atoms with Gasteiger partial charge in [0.25, 0.3) is 0 Å². The SMILES string of the molecule is Cn1nc(-c2ncccn2)c(-c2ccccc2F)c1N. The van der Waals surface area contributed by atoms with E-state index in [1.165, 1.54) is 10.7 Å². The van der Waals surface area contributed by atoms with Crippen LogP contribution in [0.4, 0.5) is 10.2 Å². The molecule has 0 amide bonds. The minimum Gasteiger partial charge on any atom is -0.383 e. The summed E-state index contributed by atoms with van der Waals surface area (Å²) in [6.45, 7) is 0. The average molecular weight is 269 g/mol. The number of aromatic nitrogens is 4. The Labute approximate surface area is 114 Å². The van der Waals surface area contributed by atoms with Crippen molar-refractivity contribution in [1.82, 2.24) is 19.7 Å². The summed E-state index contributed by atoms with van der Waals surface area (Å²) in [7, 11) is 1.70. The number of halogens is 1. The molecule has 0 atom stereocenters. The summed E-state index contributed by atoms with van der Waals surface area (Å²) in [4.78, 5) is 8.31. The second kappa shape index (κ2) is 4.73. The maximum absolute atomic E-state index is 14.0. The largest absolute Gasteiger partial charge is 0.383 e.